The second-order valence-corrected chi connectivity index (χ2v) is 6.03. The number of nitrogens with one attached hydrogen (secondary N) is 1. The predicted molar refractivity (Wildman–Crippen MR) is 71.7 cm³/mol. The molecule has 0 heterocycles. The molecular weight excluding hydrogens is 196 g/mol. The smallest absolute Gasteiger partial charge is 0.0104 e. The molecule has 0 fully saturated rings. The highest BCUT2D eigenvalue weighted by Gasteiger charge is 2.11. The standard InChI is InChI=1S/C14H28N2/c1-14(2,3)15-10-12-16(4)11-9-13-7-5-6-8-13/h5,7,13,15H,6,8-12H2,1-4H3. The first kappa shape index (κ1) is 13.7. The average molecular weight is 224 g/mol. The Labute approximate surface area is 101 Å². The molecule has 94 valence electrons. The second-order valence-electron chi connectivity index (χ2n) is 6.03. The Morgan fingerprint density at radius 1 is 1.31 bits per heavy atom. The molecule has 2 nitrogen and oxygen atoms in total. The molecule has 1 rings (SSSR count). The zero-order chi connectivity index (χ0) is 12.0. The van der Waals surface area contributed by atoms with Crippen LogP contribution in [0.4, 0.5) is 0 Å². The monoisotopic (exact) mass is 224 g/mol. The number of allylic oxidation sites excluding steroid dienone is 2. The number of nitrogens with zero attached hydrogens (tertiary/aromatic N) is 1. The summed E-state index contributed by atoms with van der Waals surface area (Å²) in [4.78, 5) is 2.44. The lowest BCUT2D eigenvalue weighted by Crippen LogP contribution is -2.40. The molecule has 16 heavy (non-hydrogen) atoms. The van der Waals surface area contributed by atoms with Crippen molar-refractivity contribution >= 4 is 0 Å². The Morgan fingerprint density at radius 2 is 2.06 bits per heavy atom. The molecule has 1 atom stereocenters. The van der Waals surface area contributed by atoms with Crippen LogP contribution in [-0.2, 0) is 0 Å². The first-order valence-electron chi connectivity index (χ1n) is 6.57. The summed E-state index contributed by atoms with van der Waals surface area (Å²) in [6, 6.07) is 0. The number of likely N-dealkylation sites (N-methyl/N-ethyl adjacent to an activating group) is 1. The zero-order valence-electron chi connectivity index (χ0n) is 11.4. The van der Waals surface area contributed by atoms with Gasteiger partial charge in [-0.15, -0.1) is 0 Å². The minimum absolute atomic E-state index is 0.245. The van der Waals surface area contributed by atoms with Gasteiger partial charge in [0, 0.05) is 18.6 Å². The van der Waals surface area contributed by atoms with Gasteiger partial charge in [-0.2, -0.15) is 0 Å². The van der Waals surface area contributed by atoms with E-state index in [1.165, 1.54) is 25.8 Å². The molecule has 2 heteroatoms. The summed E-state index contributed by atoms with van der Waals surface area (Å²) in [5, 5.41) is 3.53. The van der Waals surface area contributed by atoms with Gasteiger partial charge in [-0.3, -0.25) is 0 Å². The van der Waals surface area contributed by atoms with Gasteiger partial charge in [-0.25, -0.2) is 0 Å². The van der Waals surface area contributed by atoms with Crippen molar-refractivity contribution in [3.63, 3.8) is 0 Å². The van der Waals surface area contributed by atoms with Crippen LogP contribution >= 0.6 is 0 Å². The van der Waals surface area contributed by atoms with Gasteiger partial charge in [0.15, 0.2) is 0 Å². The van der Waals surface area contributed by atoms with Crippen molar-refractivity contribution in [1.29, 1.82) is 0 Å². The van der Waals surface area contributed by atoms with Gasteiger partial charge in [-0.1, -0.05) is 12.2 Å². The minimum atomic E-state index is 0.245. The molecule has 1 unspecified atom stereocenters. The van der Waals surface area contributed by atoms with Crippen LogP contribution in [0.25, 0.3) is 0 Å². The van der Waals surface area contributed by atoms with Crippen molar-refractivity contribution in [3.8, 4) is 0 Å². The van der Waals surface area contributed by atoms with Gasteiger partial charge in [0.1, 0.15) is 0 Å². The molecule has 0 saturated carbocycles. The van der Waals surface area contributed by atoms with Gasteiger partial charge in [0.2, 0.25) is 0 Å². The SMILES string of the molecule is CN(CCNC(C)(C)C)CCC1C=CCC1. The van der Waals surface area contributed by atoms with Crippen LogP contribution in [0.1, 0.15) is 40.0 Å². The van der Waals surface area contributed by atoms with Crippen molar-refractivity contribution in [2.24, 2.45) is 5.92 Å². The van der Waals surface area contributed by atoms with Crippen LogP contribution in [0.5, 0.6) is 0 Å². The third-order valence-corrected chi connectivity index (χ3v) is 3.14. The van der Waals surface area contributed by atoms with E-state index in [1.54, 1.807) is 0 Å². The molecule has 0 aromatic carbocycles. The van der Waals surface area contributed by atoms with Crippen LogP contribution in [0.3, 0.4) is 0 Å². The van der Waals surface area contributed by atoms with Gasteiger partial charge in [0.05, 0.1) is 0 Å². The highest BCUT2D eigenvalue weighted by Crippen LogP contribution is 2.20. The summed E-state index contributed by atoms with van der Waals surface area (Å²) < 4.78 is 0. The van der Waals surface area contributed by atoms with E-state index in [0.29, 0.717) is 0 Å². The van der Waals surface area contributed by atoms with E-state index in [0.717, 1.165) is 19.0 Å². The highest BCUT2D eigenvalue weighted by molar-refractivity contribution is 4.96. The molecule has 1 aliphatic rings. The Bertz CT molecular complexity index is 215. The molecule has 0 radical (unpaired) electrons. The number of hydrogen-bond donors (Lipinski definition) is 1. The quantitative estimate of drug-likeness (QED) is 0.698. The number of hydrogen-bond acceptors (Lipinski definition) is 2. The zero-order valence-corrected chi connectivity index (χ0v) is 11.4. The maximum absolute atomic E-state index is 3.53. The van der Waals surface area contributed by atoms with Crippen molar-refractivity contribution in [3.05, 3.63) is 12.2 Å². The minimum Gasteiger partial charge on any atom is -0.311 e. The van der Waals surface area contributed by atoms with E-state index < -0.39 is 0 Å². The lowest BCUT2D eigenvalue weighted by atomic mass is 10.1. The fourth-order valence-corrected chi connectivity index (χ4v) is 2.06. The second kappa shape index (κ2) is 6.41. The molecule has 1 N–H and O–H groups in total. The largest absolute Gasteiger partial charge is 0.311 e. The molecule has 0 amide bonds. The molecular formula is C14H28N2. The van der Waals surface area contributed by atoms with Crippen LogP contribution in [0.2, 0.25) is 0 Å². The Kier molecular flexibility index (Phi) is 5.50. The first-order valence-corrected chi connectivity index (χ1v) is 6.57. The molecule has 0 aromatic heterocycles. The van der Waals surface area contributed by atoms with Crippen molar-refractivity contribution < 1.29 is 0 Å². The van der Waals surface area contributed by atoms with E-state index in [9.17, 15) is 0 Å². The van der Waals surface area contributed by atoms with E-state index in [2.05, 4.69) is 50.2 Å². The van der Waals surface area contributed by atoms with Crippen LogP contribution in [0, 0.1) is 5.92 Å². The normalized spacial score (nSPS) is 20.9. The Morgan fingerprint density at radius 3 is 2.62 bits per heavy atom. The van der Waals surface area contributed by atoms with Gasteiger partial charge in [0.25, 0.3) is 0 Å². The summed E-state index contributed by atoms with van der Waals surface area (Å²) >= 11 is 0. The summed E-state index contributed by atoms with van der Waals surface area (Å²) in [5.41, 5.74) is 0.245. The molecule has 0 spiro atoms. The van der Waals surface area contributed by atoms with Crippen molar-refractivity contribution in [1.82, 2.24) is 10.2 Å². The lowest BCUT2D eigenvalue weighted by Gasteiger charge is -2.24. The Hall–Kier alpha value is -0.340. The first-order chi connectivity index (χ1) is 7.47. The van der Waals surface area contributed by atoms with Crippen molar-refractivity contribution in [2.45, 2.75) is 45.6 Å². The summed E-state index contributed by atoms with van der Waals surface area (Å²) in [7, 11) is 2.23. The maximum Gasteiger partial charge on any atom is 0.0104 e. The van der Waals surface area contributed by atoms with E-state index in [1.807, 2.05) is 0 Å². The average Bonchev–Trinajstić information content (AvgIpc) is 2.65. The van der Waals surface area contributed by atoms with Crippen LogP contribution < -0.4 is 5.32 Å². The molecule has 0 bridgehead atoms. The highest BCUT2D eigenvalue weighted by atomic mass is 15.1. The fraction of sp³-hybridized carbons (Fsp3) is 0.857. The molecule has 1 aliphatic carbocycles. The van der Waals surface area contributed by atoms with Crippen LogP contribution in [-0.4, -0.2) is 37.1 Å². The predicted octanol–water partition coefficient (Wildman–Crippen LogP) is 2.66. The lowest BCUT2D eigenvalue weighted by molar-refractivity contribution is 0.294. The number of rotatable bonds is 6. The van der Waals surface area contributed by atoms with E-state index in [-0.39, 0.29) is 5.54 Å². The van der Waals surface area contributed by atoms with E-state index >= 15 is 0 Å². The van der Waals surface area contributed by atoms with E-state index in [4.69, 9.17) is 0 Å². The Balaban J connectivity index is 2.02. The molecule has 0 aromatic rings. The van der Waals surface area contributed by atoms with Gasteiger partial charge < -0.3 is 10.2 Å². The van der Waals surface area contributed by atoms with Crippen LogP contribution in [0.15, 0.2) is 12.2 Å². The summed E-state index contributed by atoms with van der Waals surface area (Å²) in [5.74, 6) is 0.845. The van der Waals surface area contributed by atoms with Gasteiger partial charge in [-0.05, 0) is 59.5 Å². The third kappa shape index (κ3) is 6.29. The van der Waals surface area contributed by atoms with Crippen molar-refractivity contribution in [2.75, 3.05) is 26.7 Å². The van der Waals surface area contributed by atoms with Gasteiger partial charge >= 0.3 is 0 Å². The topological polar surface area (TPSA) is 15.3 Å². The summed E-state index contributed by atoms with van der Waals surface area (Å²) in [6.07, 6.45) is 8.70. The fourth-order valence-electron chi connectivity index (χ4n) is 2.06. The summed E-state index contributed by atoms with van der Waals surface area (Å²) in [6.45, 7) is 10.1. The third-order valence-electron chi connectivity index (χ3n) is 3.14. The molecule has 0 saturated heterocycles. The maximum atomic E-state index is 3.53. The molecule has 0 aliphatic heterocycles.